The predicted octanol–water partition coefficient (Wildman–Crippen LogP) is 4.14. The van der Waals surface area contributed by atoms with Crippen LogP contribution in [0.2, 0.25) is 0 Å². The molecule has 2 aromatic carbocycles. The van der Waals surface area contributed by atoms with E-state index in [4.69, 9.17) is 14.2 Å². The van der Waals surface area contributed by atoms with Gasteiger partial charge in [0.2, 0.25) is 11.8 Å². The Labute approximate surface area is 196 Å². The van der Waals surface area contributed by atoms with Crippen molar-refractivity contribution >= 4 is 34.0 Å². The van der Waals surface area contributed by atoms with Crippen molar-refractivity contribution in [3.63, 3.8) is 0 Å². The number of benzene rings is 2. The number of nitrogens with zero attached hydrogens (tertiary/aromatic N) is 2. The van der Waals surface area contributed by atoms with Gasteiger partial charge in [-0.05, 0) is 43.3 Å². The van der Waals surface area contributed by atoms with Gasteiger partial charge in [0.1, 0.15) is 5.75 Å². The lowest BCUT2D eigenvalue weighted by molar-refractivity contribution is -0.122. The molecule has 0 bridgehead atoms. The van der Waals surface area contributed by atoms with Crippen molar-refractivity contribution in [2.45, 2.75) is 13.3 Å². The van der Waals surface area contributed by atoms with Crippen molar-refractivity contribution in [1.29, 1.82) is 0 Å². The van der Waals surface area contributed by atoms with E-state index in [2.05, 4.69) is 10.3 Å². The maximum Gasteiger partial charge on any atom is 0.231 e. The molecule has 1 atom stereocenters. The average Bonchev–Trinajstić information content (AvgIpc) is 3.40. The number of ether oxygens (including phenoxy) is 3. The molecule has 1 saturated heterocycles. The van der Waals surface area contributed by atoms with E-state index in [1.807, 2.05) is 31.2 Å². The zero-order valence-electron chi connectivity index (χ0n) is 18.9. The molecule has 4 rings (SSSR count). The van der Waals surface area contributed by atoms with Crippen LogP contribution < -0.4 is 24.4 Å². The molecule has 1 aliphatic rings. The van der Waals surface area contributed by atoms with E-state index in [9.17, 15) is 9.59 Å². The van der Waals surface area contributed by atoms with Gasteiger partial charge in [-0.3, -0.25) is 9.59 Å². The Kier molecular flexibility index (Phi) is 6.50. The Morgan fingerprint density at radius 3 is 2.45 bits per heavy atom. The lowest BCUT2D eigenvalue weighted by Gasteiger charge is -2.18. The van der Waals surface area contributed by atoms with Gasteiger partial charge in [0, 0.05) is 35.2 Å². The van der Waals surface area contributed by atoms with E-state index in [0.29, 0.717) is 22.3 Å². The van der Waals surface area contributed by atoms with Crippen molar-refractivity contribution in [3.05, 3.63) is 47.3 Å². The van der Waals surface area contributed by atoms with E-state index >= 15 is 0 Å². The van der Waals surface area contributed by atoms with Crippen LogP contribution >= 0.6 is 11.3 Å². The summed E-state index contributed by atoms with van der Waals surface area (Å²) in [6.07, 6.45) is 0.135. The highest BCUT2D eigenvalue weighted by molar-refractivity contribution is 7.16. The number of aryl methyl sites for hydroxylation is 1. The number of rotatable bonds is 7. The van der Waals surface area contributed by atoms with Crippen molar-refractivity contribution in [2.24, 2.45) is 5.92 Å². The quantitative estimate of drug-likeness (QED) is 0.562. The normalized spacial score (nSPS) is 15.5. The van der Waals surface area contributed by atoms with Gasteiger partial charge in [-0.25, -0.2) is 4.98 Å². The largest absolute Gasteiger partial charge is 0.497 e. The Balaban J connectivity index is 1.46. The van der Waals surface area contributed by atoms with Crippen LogP contribution in [0, 0.1) is 12.8 Å². The highest BCUT2D eigenvalue weighted by Gasteiger charge is 2.36. The van der Waals surface area contributed by atoms with Gasteiger partial charge in [-0.1, -0.05) is 0 Å². The molecule has 1 fully saturated rings. The molecule has 3 aromatic rings. The Morgan fingerprint density at radius 1 is 1.06 bits per heavy atom. The van der Waals surface area contributed by atoms with Gasteiger partial charge in [0.05, 0.1) is 32.9 Å². The number of anilines is 2. The third-order valence-corrected chi connectivity index (χ3v) is 6.45. The summed E-state index contributed by atoms with van der Waals surface area (Å²) in [6.45, 7) is 2.25. The third kappa shape index (κ3) is 4.63. The van der Waals surface area contributed by atoms with E-state index in [1.165, 1.54) is 11.3 Å². The molecule has 1 aliphatic heterocycles. The van der Waals surface area contributed by atoms with Gasteiger partial charge >= 0.3 is 0 Å². The number of hydrogen-bond acceptors (Lipinski definition) is 7. The summed E-state index contributed by atoms with van der Waals surface area (Å²) in [4.78, 5) is 32.8. The van der Waals surface area contributed by atoms with Gasteiger partial charge in [0.15, 0.2) is 16.6 Å². The Bertz CT molecular complexity index is 1180. The molecule has 8 nitrogen and oxygen atoms in total. The van der Waals surface area contributed by atoms with Crippen molar-refractivity contribution in [2.75, 3.05) is 38.1 Å². The van der Waals surface area contributed by atoms with Gasteiger partial charge < -0.3 is 24.4 Å². The van der Waals surface area contributed by atoms with Crippen LogP contribution in [0.1, 0.15) is 11.3 Å². The number of hydrogen-bond donors (Lipinski definition) is 1. The number of thiazole rings is 1. The maximum absolute atomic E-state index is 12.9. The molecule has 0 aliphatic carbocycles. The first kappa shape index (κ1) is 22.6. The molecule has 0 radical (unpaired) electrons. The molecule has 9 heteroatoms. The first-order chi connectivity index (χ1) is 15.9. The van der Waals surface area contributed by atoms with Gasteiger partial charge in [-0.2, -0.15) is 0 Å². The second-order valence-electron chi connectivity index (χ2n) is 7.59. The summed E-state index contributed by atoms with van der Waals surface area (Å²) in [5.74, 6) is 1.07. The monoisotopic (exact) mass is 467 g/mol. The molecule has 0 saturated carbocycles. The molecule has 172 valence electrons. The summed E-state index contributed by atoms with van der Waals surface area (Å²) in [7, 11) is 4.72. The molecule has 1 N–H and O–H groups in total. The highest BCUT2D eigenvalue weighted by Crippen LogP contribution is 2.35. The van der Waals surface area contributed by atoms with E-state index in [-0.39, 0.29) is 24.8 Å². The number of methoxy groups -OCH3 is 3. The van der Waals surface area contributed by atoms with Crippen LogP contribution in [-0.2, 0) is 9.59 Å². The minimum absolute atomic E-state index is 0.114. The predicted molar refractivity (Wildman–Crippen MR) is 127 cm³/mol. The summed E-state index contributed by atoms with van der Waals surface area (Å²) in [5.41, 5.74) is 2.42. The average molecular weight is 468 g/mol. The molecular weight excluding hydrogens is 442 g/mol. The first-order valence-electron chi connectivity index (χ1n) is 10.4. The first-order valence-corrected chi connectivity index (χ1v) is 11.2. The van der Waals surface area contributed by atoms with E-state index in [0.717, 1.165) is 21.9 Å². The number of aromatic nitrogens is 1. The molecule has 0 spiro atoms. The van der Waals surface area contributed by atoms with Crippen LogP contribution in [0.25, 0.3) is 11.3 Å². The highest BCUT2D eigenvalue weighted by atomic mass is 32.1. The topological polar surface area (TPSA) is 90.0 Å². The minimum atomic E-state index is -0.473. The maximum atomic E-state index is 12.9. The summed E-state index contributed by atoms with van der Waals surface area (Å²) >= 11 is 1.41. The van der Waals surface area contributed by atoms with Crippen LogP contribution in [0.15, 0.2) is 42.5 Å². The SMILES string of the molecule is COc1ccc(-c2nc(NC(=O)[C@@H]3CC(=O)N(c4ccc(OC)c(OC)c4)C3)sc2C)cc1. The van der Waals surface area contributed by atoms with Gasteiger partial charge in [-0.15, -0.1) is 11.3 Å². The fraction of sp³-hybridized carbons (Fsp3) is 0.292. The second kappa shape index (κ2) is 9.50. The molecule has 1 aromatic heterocycles. The standard InChI is InChI=1S/C24H25N3O5S/c1-14-22(15-5-8-18(30-2)9-6-15)25-24(33-14)26-23(29)16-11-21(28)27(13-16)17-7-10-19(31-3)20(12-17)32-4/h5-10,12,16H,11,13H2,1-4H3,(H,25,26,29)/t16-/m1/s1. The van der Waals surface area contributed by atoms with Crippen molar-refractivity contribution < 1.29 is 23.8 Å². The Morgan fingerprint density at radius 2 is 1.79 bits per heavy atom. The molecule has 2 heterocycles. The summed E-state index contributed by atoms with van der Waals surface area (Å²) in [5, 5.41) is 3.41. The number of nitrogens with one attached hydrogen (secondary N) is 1. The summed E-state index contributed by atoms with van der Waals surface area (Å²) in [6, 6.07) is 12.9. The lowest BCUT2D eigenvalue weighted by Crippen LogP contribution is -2.28. The third-order valence-electron chi connectivity index (χ3n) is 5.56. The fourth-order valence-corrected chi connectivity index (χ4v) is 4.64. The number of carbonyl (C=O) groups excluding carboxylic acids is 2. The smallest absolute Gasteiger partial charge is 0.231 e. The van der Waals surface area contributed by atoms with E-state index < -0.39 is 5.92 Å². The zero-order chi connectivity index (χ0) is 23.5. The van der Waals surface area contributed by atoms with Crippen LogP contribution in [0.3, 0.4) is 0 Å². The second-order valence-corrected chi connectivity index (χ2v) is 8.79. The molecular formula is C24H25N3O5S. The van der Waals surface area contributed by atoms with Crippen LogP contribution in [0.4, 0.5) is 10.8 Å². The fourth-order valence-electron chi connectivity index (χ4n) is 3.80. The molecule has 33 heavy (non-hydrogen) atoms. The van der Waals surface area contributed by atoms with Crippen molar-refractivity contribution in [3.8, 4) is 28.5 Å². The molecule has 2 amide bonds. The minimum Gasteiger partial charge on any atom is -0.497 e. The Hall–Kier alpha value is -3.59. The van der Waals surface area contributed by atoms with Crippen LogP contribution in [-0.4, -0.2) is 44.7 Å². The number of carbonyl (C=O) groups is 2. The van der Waals surface area contributed by atoms with Gasteiger partial charge in [0.25, 0.3) is 0 Å². The zero-order valence-corrected chi connectivity index (χ0v) is 19.7. The van der Waals surface area contributed by atoms with Crippen molar-refractivity contribution in [1.82, 2.24) is 4.98 Å². The lowest BCUT2D eigenvalue weighted by atomic mass is 10.1. The number of amides is 2. The summed E-state index contributed by atoms with van der Waals surface area (Å²) < 4.78 is 15.8. The van der Waals surface area contributed by atoms with Crippen LogP contribution in [0.5, 0.6) is 17.2 Å². The molecule has 0 unspecified atom stereocenters. The van der Waals surface area contributed by atoms with E-state index in [1.54, 1.807) is 44.4 Å².